The molecule has 0 radical (unpaired) electrons. The van der Waals surface area contributed by atoms with Crippen molar-refractivity contribution in [3.05, 3.63) is 65.7 Å². The van der Waals surface area contributed by atoms with Crippen molar-refractivity contribution in [1.29, 1.82) is 0 Å². The van der Waals surface area contributed by atoms with Crippen molar-refractivity contribution in [2.75, 3.05) is 7.11 Å². The average Bonchev–Trinajstić information content (AvgIpc) is 2.61. The molecule has 6 nitrogen and oxygen atoms in total. The minimum atomic E-state index is -1.09. The lowest BCUT2D eigenvalue weighted by molar-refractivity contribution is -0.156. The number of carboxylic acid groups (broad SMARTS) is 1. The molecule has 0 aliphatic heterocycles. The monoisotopic (exact) mass is 329 g/mol. The van der Waals surface area contributed by atoms with Gasteiger partial charge in [0.05, 0.1) is 7.11 Å². The van der Waals surface area contributed by atoms with E-state index in [9.17, 15) is 14.7 Å². The summed E-state index contributed by atoms with van der Waals surface area (Å²) in [5, 5.41) is 11.9. The van der Waals surface area contributed by atoms with Gasteiger partial charge in [0.2, 0.25) is 6.41 Å². The molecule has 0 aliphatic rings. The highest BCUT2D eigenvalue weighted by Crippen LogP contribution is 2.21. The van der Waals surface area contributed by atoms with Crippen molar-refractivity contribution in [2.45, 2.75) is 18.8 Å². The first kappa shape index (κ1) is 17.5. The number of nitrogens with one attached hydrogen (secondary N) is 1. The summed E-state index contributed by atoms with van der Waals surface area (Å²) in [6.07, 6.45) is -1.27. The number of hydrogen-bond acceptors (Lipinski definition) is 4. The van der Waals surface area contributed by atoms with Crippen molar-refractivity contribution >= 4 is 12.4 Å². The Hall–Kier alpha value is -2.86. The highest BCUT2D eigenvalue weighted by molar-refractivity contribution is 5.72. The lowest BCUT2D eigenvalue weighted by Gasteiger charge is -2.22. The maximum atomic E-state index is 11.5. The number of carbonyl (C=O) groups is 2. The number of methoxy groups -OCH3 is 1. The first-order valence-electron chi connectivity index (χ1n) is 7.40. The van der Waals surface area contributed by atoms with E-state index in [0.29, 0.717) is 17.7 Å². The summed E-state index contributed by atoms with van der Waals surface area (Å²) in [7, 11) is 1.55. The third-order valence-corrected chi connectivity index (χ3v) is 3.48. The van der Waals surface area contributed by atoms with Crippen LogP contribution >= 0.6 is 0 Å². The van der Waals surface area contributed by atoms with Gasteiger partial charge in [-0.3, -0.25) is 4.79 Å². The number of benzene rings is 2. The quantitative estimate of drug-likeness (QED) is 0.544. The topological polar surface area (TPSA) is 84.9 Å². The van der Waals surface area contributed by atoms with Gasteiger partial charge in [0.25, 0.3) is 0 Å². The van der Waals surface area contributed by atoms with E-state index in [1.807, 2.05) is 30.3 Å². The second-order valence-electron chi connectivity index (χ2n) is 5.09. The molecule has 1 unspecified atom stereocenters. The van der Waals surface area contributed by atoms with Crippen LogP contribution in [0.2, 0.25) is 0 Å². The molecule has 6 heteroatoms. The number of ether oxygens (including phenoxy) is 2. The molecule has 2 aromatic carbocycles. The van der Waals surface area contributed by atoms with Crippen LogP contribution in [0.25, 0.3) is 0 Å². The van der Waals surface area contributed by atoms with Crippen molar-refractivity contribution in [2.24, 2.45) is 0 Å². The maximum Gasteiger partial charge on any atom is 0.333 e. The molecule has 1 amide bonds. The summed E-state index contributed by atoms with van der Waals surface area (Å²) < 4.78 is 10.7. The molecule has 0 aliphatic carbocycles. The Morgan fingerprint density at radius 3 is 2.38 bits per heavy atom. The van der Waals surface area contributed by atoms with Crippen LogP contribution in [0.3, 0.4) is 0 Å². The van der Waals surface area contributed by atoms with E-state index in [1.165, 1.54) is 0 Å². The van der Waals surface area contributed by atoms with Gasteiger partial charge < -0.3 is 19.9 Å². The van der Waals surface area contributed by atoms with E-state index in [0.717, 1.165) is 5.56 Å². The summed E-state index contributed by atoms with van der Waals surface area (Å²) in [6, 6.07) is 16.0. The summed E-state index contributed by atoms with van der Waals surface area (Å²) in [6.45, 7) is 0. The SMILES string of the molecule is COc1ccc(C(NC=O)O[C@H](Cc2ccccc2)C(=O)O)cc1. The number of aliphatic carboxylic acids is 1. The Morgan fingerprint density at radius 2 is 1.83 bits per heavy atom. The minimum Gasteiger partial charge on any atom is -0.497 e. The summed E-state index contributed by atoms with van der Waals surface area (Å²) in [5.41, 5.74) is 1.46. The van der Waals surface area contributed by atoms with Crippen LogP contribution in [-0.4, -0.2) is 30.7 Å². The van der Waals surface area contributed by atoms with E-state index in [-0.39, 0.29) is 6.42 Å². The zero-order valence-corrected chi connectivity index (χ0v) is 13.2. The van der Waals surface area contributed by atoms with E-state index >= 15 is 0 Å². The van der Waals surface area contributed by atoms with Crippen molar-refractivity contribution in [3.63, 3.8) is 0 Å². The van der Waals surface area contributed by atoms with Gasteiger partial charge in [-0.25, -0.2) is 4.79 Å². The Morgan fingerprint density at radius 1 is 1.17 bits per heavy atom. The van der Waals surface area contributed by atoms with Crippen LogP contribution in [0.1, 0.15) is 17.4 Å². The third-order valence-electron chi connectivity index (χ3n) is 3.48. The lowest BCUT2D eigenvalue weighted by Crippen LogP contribution is -2.33. The number of carbonyl (C=O) groups excluding carboxylic acids is 1. The predicted molar refractivity (Wildman–Crippen MR) is 87.6 cm³/mol. The van der Waals surface area contributed by atoms with Gasteiger partial charge >= 0.3 is 5.97 Å². The van der Waals surface area contributed by atoms with Gasteiger partial charge in [0.15, 0.2) is 12.3 Å². The Bertz CT molecular complexity index is 657. The van der Waals surface area contributed by atoms with Gasteiger partial charge in [-0.15, -0.1) is 0 Å². The van der Waals surface area contributed by atoms with Crippen LogP contribution in [0, 0.1) is 0 Å². The zero-order chi connectivity index (χ0) is 17.4. The fraction of sp³-hybridized carbons (Fsp3) is 0.222. The lowest BCUT2D eigenvalue weighted by atomic mass is 10.1. The first-order chi connectivity index (χ1) is 11.6. The number of amides is 1. The molecule has 0 spiro atoms. The van der Waals surface area contributed by atoms with E-state index in [4.69, 9.17) is 9.47 Å². The standard InChI is InChI=1S/C18H19NO5/c1-23-15-9-7-14(8-10-15)17(19-12-20)24-16(18(21)22)11-13-5-3-2-4-6-13/h2-10,12,16-17H,11H2,1H3,(H,19,20)(H,21,22)/t16-,17?/m1/s1. The molecule has 2 rings (SSSR count). The van der Waals surface area contributed by atoms with Crippen molar-refractivity contribution in [3.8, 4) is 5.75 Å². The second-order valence-corrected chi connectivity index (χ2v) is 5.09. The van der Waals surface area contributed by atoms with Gasteiger partial charge in [0, 0.05) is 12.0 Å². The van der Waals surface area contributed by atoms with Crippen molar-refractivity contribution in [1.82, 2.24) is 5.32 Å². The number of carboxylic acids is 1. The van der Waals surface area contributed by atoms with Gasteiger partial charge in [-0.1, -0.05) is 42.5 Å². The first-order valence-corrected chi connectivity index (χ1v) is 7.40. The minimum absolute atomic E-state index is 0.198. The highest BCUT2D eigenvalue weighted by atomic mass is 16.5. The van der Waals surface area contributed by atoms with E-state index in [1.54, 1.807) is 31.4 Å². The second kappa shape index (κ2) is 8.69. The maximum absolute atomic E-state index is 11.5. The molecule has 2 N–H and O–H groups in total. The average molecular weight is 329 g/mol. The van der Waals surface area contributed by atoms with Crippen LogP contribution < -0.4 is 10.1 Å². The normalized spacial score (nSPS) is 12.9. The summed E-state index contributed by atoms with van der Waals surface area (Å²) >= 11 is 0. The molecule has 0 saturated heterocycles. The van der Waals surface area contributed by atoms with Crippen LogP contribution in [0.15, 0.2) is 54.6 Å². The Labute approximate surface area is 140 Å². The Balaban J connectivity index is 2.15. The molecule has 126 valence electrons. The highest BCUT2D eigenvalue weighted by Gasteiger charge is 2.24. The number of rotatable bonds is 9. The summed E-state index contributed by atoms with van der Waals surface area (Å²) in [4.78, 5) is 22.4. The van der Waals surface area contributed by atoms with Crippen molar-refractivity contribution < 1.29 is 24.2 Å². The van der Waals surface area contributed by atoms with Crippen LogP contribution in [-0.2, 0) is 20.7 Å². The van der Waals surface area contributed by atoms with Gasteiger partial charge in [0.1, 0.15) is 5.75 Å². The zero-order valence-electron chi connectivity index (χ0n) is 13.2. The van der Waals surface area contributed by atoms with Gasteiger partial charge in [-0.2, -0.15) is 0 Å². The molecule has 0 bridgehead atoms. The summed E-state index contributed by atoms with van der Waals surface area (Å²) in [5.74, 6) is -0.437. The smallest absolute Gasteiger partial charge is 0.333 e. The molecule has 0 heterocycles. The molecule has 2 aromatic rings. The third kappa shape index (κ3) is 4.82. The molecular formula is C18H19NO5. The van der Waals surface area contributed by atoms with E-state index in [2.05, 4.69) is 5.32 Å². The molecule has 0 aromatic heterocycles. The molecule has 0 fully saturated rings. The predicted octanol–water partition coefficient (Wildman–Crippen LogP) is 2.15. The number of hydrogen-bond donors (Lipinski definition) is 2. The molecule has 24 heavy (non-hydrogen) atoms. The molecule has 0 saturated carbocycles. The fourth-order valence-corrected chi connectivity index (χ4v) is 2.24. The van der Waals surface area contributed by atoms with Crippen LogP contribution in [0.4, 0.5) is 0 Å². The van der Waals surface area contributed by atoms with E-state index < -0.39 is 18.3 Å². The van der Waals surface area contributed by atoms with Crippen LogP contribution in [0.5, 0.6) is 5.75 Å². The largest absolute Gasteiger partial charge is 0.497 e. The molecule has 2 atom stereocenters. The Kier molecular flexibility index (Phi) is 6.33. The fourth-order valence-electron chi connectivity index (χ4n) is 2.24. The molecular weight excluding hydrogens is 310 g/mol. The van der Waals surface area contributed by atoms with Gasteiger partial charge in [-0.05, 0) is 17.7 Å².